The first-order valence-electron chi connectivity index (χ1n) is 7.70. The molecule has 0 spiro atoms. The highest BCUT2D eigenvalue weighted by atomic mass is 79.9. The van der Waals surface area contributed by atoms with E-state index in [9.17, 15) is 14.7 Å². The number of para-hydroxylation sites is 2. The summed E-state index contributed by atoms with van der Waals surface area (Å²) in [6.07, 6.45) is 0. The predicted molar refractivity (Wildman–Crippen MR) is 103 cm³/mol. The third-order valence-corrected chi connectivity index (χ3v) is 4.93. The molecule has 8 heteroatoms. The number of hydrogen-bond donors (Lipinski definition) is 1. The van der Waals surface area contributed by atoms with Crippen LogP contribution in [0.5, 0.6) is 0 Å². The van der Waals surface area contributed by atoms with Crippen LogP contribution in [0.3, 0.4) is 0 Å². The number of carbonyl (C=O) groups excluding carboxylic acids is 1. The molecule has 0 aliphatic carbocycles. The molecular weight excluding hydrogens is 420 g/mol. The summed E-state index contributed by atoms with van der Waals surface area (Å²) in [5, 5.41) is 9.83. The molecule has 0 aliphatic rings. The van der Waals surface area contributed by atoms with E-state index >= 15 is 0 Å². The average molecular weight is 435 g/mol. The van der Waals surface area contributed by atoms with Crippen LogP contribution in [0.15, 0.2) is 53.7 Å². The first kappa shape index (κ1) is 18.5. The van der Waals surface area contributed by atoms with Crippen LogP contribution < -0.4 is 0 Å². The van der Waals surface area contributed by atoms with Gasteiger partial charge >= 0.3 is 11.9 Å². The van der Waals surface area contributed by atoms with Gasteiger partial charge in [0, 0.05) is 5.75 Å². The highest BCUT2D eigenvalue weighted by molar-refractivity contribution is 9.09. The standard InChI is InChI=1S/C18H15BrN2O4S/c19-11-25-17(24)13-7-5-12(6-8-13)10-26-18-20-14-3-1-2-4-15(14)21(18)9-16(22)23/h1-8H,9-11H2,(H,22,23). The van der Waals surface area contributed by atoms with Gasteiger partial charge in [-0.2, -0.15) is 0 Å². The maximum Gasteiger partial charge on any atom is 0.338 e. The molecule has 26 heavy (non-hydrogen) atoms. The molecule has 0 bridgehead atoms. The normalized spacial score (nSPS) is 10.8. The summed E-state index contributed by atoms with van der Waals surface area (Å²) in [6.45, 7) is -0.139. The van der Waals surface area contributed by atoms with E-state index in [1.165, 1.54) is 11.8 Å². The Balaban J connectivity index is 1.77. The van der Waals surface area contributed by atoms with Crippen LogP contribution in [0.1, 0.15) is 15.9 Å². The summed E-state index contributed by atoms with van der Waals surface area (Å²) in [5.74, 6) is -0.689. The smallest absolute Gasteiger partial charge is 0.338 e. The Bertz CT molecular complexity index is 940. The van der Waals surface area contributed by atoms with Gasteiger partial charge in [-0.25, -0.2) is 9.78 Å². The van der Waals surface area contributed by atoms with Crippen molar-refractivity contribution >= 4 is 50.7 Å². The molecule has 0 amide bonds. The molecule has 1 N–H and O–H groups in total. The van der Waals surface area contributed by atoms with Crippen molar-refractivity contribution in [3.05, 3.63) is 59.7 Å². The number of rotatable bonds is 7. The number of aromatic nitrogens is 2. The van der Waals surface area contributed by atoms with Crippen LogP contribution in [-0.2, 0) is 21.8 Å². The molecule has 0 saturated heterocycles. The van der Waals surface area contributed by atoms with Gasteiger partial charge < -0.3 is 14.4 Å². The fourth-order valence-corrected chi connectivity index (χ4v) is 3.65. The van der Waals surface area contributed by atoms with E-state index in [2.05, 4.69) is 20.9 Å². The van der Waals surface area contributed by atoms with Crippen LogP contribution in [0.4, 0.5) is 0 Å². The minimum atomic E-state index is -0.912. The van der Waals surface area contributed by atoms with Gasteiger partial charge in [-0.05, 0) is 45.8 Å². The van der Waals surface area contributed by atoms with Crippen molar-refractivity contribution in [2.45, 2.75) is 17.5 Å². The molecule has 0 atom stereocenters. The number of hydrogen-bond acceptors (Lipinski definition) is 5. The Kier molecular flexibility index (Phi) is 5.95. The maximum atomic E-state index is 11.7. The molecule has 3 aromatic rings. The lowest BCUT2D eigenvalue weighted by molar-refractivity contribution is -0.137. The molecule has 0 fully saturated rings. The number of carbonyl (C=O) groups is 2. The molecule has 6 nitrogen and oxygen atoms in total. The zero-order valence-corrected chi connectivity index (χ0v) is 16.0. The highest BCUT2D eigenvalue weighted by Gasteiger charge is 2.14. The second-order valence-corrected chi connectivity index (χ2v) is 6.79. The number of thioether (sulfide) groups is 1. The van der Waals surface area contributed by atoms with Crippen LogP contribution in [-0.4, -0.2) is 32.1 Å². The zero-order chi connectivity index (χ0) is 18.5. The number of carboxylic acids is 1. The van der Waals surface area contributed by atoms with Gasteiger partial charge in [0.15, 0.2) is 5.16 Å². The number of alkyl halides is 1. The lowest BCUT2D eigenvalue weighted by Gasteiger charge is -2.07. The molecule has 0 aliphatic heterocycles. The van der Waals surface area contributed by atoms with Crippen LogP contribution in [0.25, 0.3) is 11.0 Å². The number of halogens is 1. The van der Waals surface area contributed by atoms with Gasteiger partial charge in [0.2, 0.25) is 0 Å². The van der Waals surface area contributed by atoms with E-state index in [1.54, 1.807) is 16.7 Å². The summed E-state index contributed by atoms with van der Waals surface area (Å²) in [6, 6.07) is 14.6. The van der Waals surface area contributed by atoms with E-state index in [1.807, 2.05) is 36.4 Å². The topological polar surface area (TPSA) is 81.4 Å². The van der Waals surface area contributed by atoms with Crippen molar-refractivity contribution < 1.29 is 19.4 Å². The number of imidazole rings is 1. The Morgan fingerprint density at radius 3 is 2.58 bits per heavy atom. The minimum Gasteiger partial charge on any atom is -0.480 e. The number of aliphatic carboxylic acids is 1. The minimum absolute atomic E-state index is 0.139. The molecule has 1 aromatic heterocycles. The van der Waals surface area contributed by atoms with Gasteiger partial charge in [-0.3, -0.25) is 4.79 Å². The molecule has 3 rings (SSSR count). The second-order valence-electron chi connectivity index (χ2n) is 5.39. The van der Waals surface area contributed by atoms with E-state index in [4.69, 9.17) is 4.74 Å². The number of carboxylic acid groups (broad SMARTS) is 1. The molecule has 0 saturated carbocycles. The van der Waals surface area contributed by atoms with Crippen LogP contribution in [0, 0.1) is 0 Å². The maximum absolute atomic E-state index is 11.7. The molecule has 1 heterocycles. The Morgan fingerprint density at radius 1 is 1.15 bits per heavy atom. The summed E-state index contributed by atoms with van der Waals surface area (Å²) < 4.78 is 6.59. The first-order valence-corrected chi connectivity index (χ1v) is 9.81. The molecule has 0 radical (unpaired) electrons. The number of ether oxygens (including phenoxy) is 1. The molecule has 0 unspecified atom stereocenters. The largest absolute Gasteiger partial charge is 0.480 e. The average Bonchev–Trinajstić information content (AvgIpc) is 2.98. The molecule has 134 valence electrons. The Morgan fingerprint density at radius 2 is 1.88 bits per heavy atom. The van der Waals surface area contributed by atoms with E-state index in [0.29, 0.717) is 16.5 Å². The van der Waals surface area contributed by atoms with Gasteiger partial charge in [-0.15, -0.1) is 0 Å². The number of benzene rings is 2. The monoisotopic (exact) mass is 434 g/mol. The second kappa shape index (κ2) is 8.37. The summed E-state index contributed by atoms with van der Waals surface area (Å²) in [4.78, 5) is 27.4. The van der Waals surface area contributed by atoms with Crippen molar-refractivity contribution in [2.24, 2.45) is 0 Å². The third kappa shape index (κ3) is 4.25. The number of nitrogens with zero attached hydrogens (tertiary/aromatic N) is 2. The van der Waals surface area contributed by atoms with E-state index in [0.717, 1.165) is 16.6 Å². The fourth-order valence-electron chi connectivity index (χ4n) is 2.47. The van der Waals surface area contributed by atoms with Crippen molar-refractivity contribution in [3.8, 4) is 0 Å². The zero-order valence-electron chi connectivity index (χ0n) is 13.6. The number of fused-ring (bicyclic) bond motifs is 1. The lowest BCUT2D eigenvalue weighted by atomic mass is 10.1. The van der Waals surface area contributed by atoms with Gasteiger partial charge in [0.05, 0.1) is 16.6 Å². The first-order chi connectivity index (χ1) is 12.6. The van der Waals surface area contributed by atoms with Crippen molar-refractivity contribution in [1.29, 1.82) is 0 Å². The van der Waals surface area contributed by atoms with Crippen molar-refractivity contribution in [1.82, 2.24) is 9.55 Å². The summed E-state index contributed by atoms with van der Waals surface area (Å²) in [7, 11) is 0. The fraction of sp³-hybridized carbons (Fsp3) is 0.167. The predicted octanol–water partition coefficient (Wildman–Crippen LogP) is 3.92. The van der Waals surface area contributed by atoms with Gasteiger partial charge in [0.1, 0.15) is 12.1 Å². The Labute approximate surface area is 162 Å². The molecular formula is C18H15BrN2O4S. The van der Waals surface area contributed by atoms with Gasteiger partial charge in [0.25, 0.3) is 0 Å². The SMILES string of the molecule is O=C(O)Cn1c(SCc2ccc(C(=O)OCBr)cc2)nc2ccccc21. The lowest BCUT2D eigenvalue weighted by Crippen LogP contribution is -2.09. The Hall–Kier alpha value is -2.32. The summed E-state index contributed by atoms with van der Waals surface area (Å²) >= 11 is 4.51. The highest BCUT2D eigenvalue weighted by Crippen LogP contribution is 2.27. The van der Waals surface area contributed by atoms with E-state index in [-0.39, 0.29) is 18.0 Å². The quantitative estimate of drug-likeness (QED) is 0.344. The molecule has 2 aromatic carbocycles. The van der Waals surface area contributed by atoms with Gasteiger partial charge in [-0.1, -0.05) is 36.0 Å². The van der Waals surface area contributed by atoms with Crippen LogP contribution in [0.2, 0.25) is 0 Å². The number of esters is 1. The third-order valence-electron chi connectivity index (χ3n) is 3.66. The van der Waals surface area contributed by atoms with Crippen molar-refractivity contribution in [2.75, 3.05) is 5.52 Å². The van der Waals surface area contributed by atoms with E-state index < -0.39 is 5.97 Å². The summed E-state index contributed by atoms with van der Waals surface area (Å²) in [5.41, 5.74) is 3.20. The van der Waals surface area contributed by atoms with Crippen LogP contribution >= 0.6 is 27.7 Å². The van der Waals surface area contributed by atoms with Crippen molar-refractivity contribution in [3.63, 3.8) is 0 Å².